The van der Waals surface area contributed by atoms with Crippen LogP contribution in [0.5, 0.6) is 11.8 Å². The summed E-state index contributed by atoms with van der Waals surface area (Å²) in [6.45, 7) is 6.93. The van der Waals surface area contributed by atoms with Gasteiger partial charge in [-0.05, 0) is 45.2 Å². The van der Waals surface area contributed by atoms with Gasteiger partial charge in [0, 0.05) is 30.0 Å². The molecule has 0 amide bonds. The van der Waals surface area contributed by atoms with Gasteiger partial charge in [0.05, 0.1) is 0 Å². The summed E-state index contributed by atoms with van der Waals surface area (Å²) in [5, 5.41) is 3.48. The quantitative estimate of drug-likeness (QED) is 0.913. The van der Waals surface area contributed by atoms with E-state index in [0.29, 0.717) is 12.1 Å². The zero-order chi connectivity index (χ0) is 14.8. The van der Waals surface area contributed by atoms with E-state index in [4.69, 9.17) is 4.74 Å². The number of rotatable bonds is 5. The molecule has 1 fully saturated rings. The van der Waals surface area contributed by atoms with Crippen LogP contribution in [-0.4, -0.2) is 16.0 Å². The van der Waals surface area contributed by atoms with Gasteiger partial charge in [0.25, 0.3) is 0 Å². The number of hydrogen-bond acceptors (Lipinski definition) is 4. The Bertz CT molecular complexity index is 650. The number of nitrogens with one attached hydrogen (secondary N) is 1. The monoisotopic (exact) mass is 283 g/mol. The lowest BCUT2D eigenvalue weighted by Gasteiger charge is -2.10. The number of aromatic nitrogens is 2. The van der Waals surface area contributed by atoms with Crippen molar-refractivity contribution in [3.05, 3.63) is 46.8 Å². The fraction of sp³-hybridized carbons (Fsp3) is 0.412. The molecule has 1 aromatic heterocycles. The third-order valence-electron chi connectivity index (χ3n) is 3.75. The fourth-order valence-electron chi connectivity index (χ4n) is 2.25. The van der Waals surface area contributed by atoms with Crippen LogP contribution >= 0.6 is 0 Å². The largest absolute Gasteiger partial charge is 0.424 e. The topological polar surface area (TPSA) is 47.0 Å². The zero-order valence-electron chi connectivity index (χ0n) is 12.8. The number of ether oxygens (including phenoxy) is 1. The normalized spacial score (nSPS) is 14.2. The average Bonchev–Trinajstić information content (AvgIpc) is 3.25. The number of nitrogens with zero attached hydrogens (tertiary/aromatic N) is 2. The number of aryl methyl sites for hydroxylation is 3. The maximum atomic E-state index is 5.80. The molecule has 1 aromatic carbocycles. The highest BCUT2D eigenvalue weighted by Gasteiger charge is 2.20. The van der Waals surface area contributed by atoms with Crippen LogP contribution in [-0.2, 0) is 6.54 Å². The van der Waals surface area contributed by atoms with Crippen LogP contribution in [0.15, 0.2) is 24.4 Å². The van der Waals surface area contributed by atoms with E-state index in [1.165, 1.54) is 18.4 Å². The number of benzene rings is 1. The first-order valence-electron chi connectivity index (χ1n) is 7.43. The Morgan fingerprint density at radius 1 is 1.24 bits per heavy atom. The van der Waals surface area contributed by atoms with E-state index < -0.39 is 0 Å². The molecule has 3 rings (SSSR count). The van der Waals surface area contributed by atoms with Gasteiger partial charge in [-0.25, -0.2) is 4.98 Å². The van der Waals surface area contributed by atoms with Gasteiger partial charge < -0.3 is 10.1 Å². The highest BCUT2D eigenvalue weighted by atomic mass is 16.5. The van der Waals surface area contributed by atoms with Crippen molar-refractivity contribution in [3.8, 4) is 11.8 Å². The van der Waals surface area contributed by atoms with Crippen LogP contribution in [0, 0.1) is 20.8 Å². The van der Waals surface area contributed by atoms with Crippen LogP contribution in [0.3, 0.4) is 0 Å². The third kappa shape index (κ3) is 3.58. The predicted molar refractivity (Wildman–Crippen MR) is 82.6 cm³/mol. The Balaban J connectivity index is 1.71. The van der Waals surface area contributed by atoms with E-state index in [1.807, 2.05) is 32.2 Å². The van der Waals surface area contributed by atoms with Crippen LogP contribution < -0.4 is 10.1 Å². The third-order valence-corrected chi connectivity index (χ3v) is 3.75. The van der Waals surface area contributed by atoms with Gasteiger partial charge in [-0.1, -0.05) is 17.7 Å². The van der Waals surface area contributed by atoms with Gasteiger partial charge in [-0.15, -0.1) is 0 Å². The van der Waals surface area contributed by atoms with E-state index >= 15 is 0 Å². The lowest BCUT2D eigenvalue weighted by atomic mass is 10.1. The fourth-order valence-corrected chi connectivity index (χ4v) is 2.25. The van der Waals surface area contributed by atoms with E-state index in [0.717, 1.165) is 29.1 Å². The first-order chi connectivity index (χ1) is 10.1. The molecule has 1 heterocycles. The molecule has 4 nitrogen and oxygen atoms in total. The first kappa shape index (κ1) is 14.0. The molecule has 2 aromatic rings. The second kappa shape index (κ2) is 5.82. The van der Waals surface area contributed by atoms with Gasteiger partial charge in [0.1, 0.15) is 5.75 Å². The maximum absolute atomic E-state index is 5.80. The minimum Gasteiger partial charge on any atom is -0.424 e. The molecule has 0 unspecified atom stereocenters. The molecule has 4 heteroatoms. The lowest BCUT2D eigenvalue weighted by molar-refractivity contribution is 0.436. The summed E-state index contributed by atoms with van der Waals surface area (Å²) in [6.07, 6.45) is 4.43. The van der Waals surface area contributed by atoms with Gasteiger partial charge >= 0.3 is 6.01 Å². The summed E-state index contributed by atoms with van der Waals surface area (Å²) in [4.78, 5) is 8.78. The molecule has 1 N–H and O–H groups in total. The maximum Gasteiger partial charge on any atom is 0.322 e. The average molecular weight is 283 g/mol. The van der Waals surface area contributed by atoms with Crippen molar-refractivity contribution in [3.63, 3.8) is 0 Å². The molecule has 0 saturated heterocycles. The summed E-state index contributed by atoms with van der Waals surface area (Å²) < 4.78 is 5.80. The molecule has 110 valence electrons. The summed E-state index contributed by atoms with van der Waals surface area (Å²) in [6, 6.07) is 7.19. The molecule has 1 aliphatic rings. The summed E-state index contributed by atoms with van der Waals surface area (Å²) in [7, 11) is 0. The van der Waals surface area contributed by atoms with Gasteiger partial charge in [-0.2, -0.15) is 4.98 Å². The van der Waals surface area contributed by atoms with Crippen LogP contribution in [0.4, 0.5) is 0 Å². The standard InChI is InChI=1S/C17H21N3O/c1-11-4-7-16(12(2)8-11)21-17-19-10-14(13(3)20-17)9-18-15-5-6-15/h4,7-8,10,15,18H,5-6,9H2,1-3H3. The second-order valence-electron chi connectivity index (χ2n) is 5.79. The molecular weight excluding hydrogens is 262 g/mol. The molecule has 0 radical (unpaired) electrons. The highest BCUT2D eigenvalue weighted by molar-refractivity contribution is 5.37. The zero-order valence-corrected chi connectivity index (χ0v) is 12.8. The van der Waals surface area contributed by atoms with Crippen molar-refractivity contribution in [2.24, 2.45) is 0 Å². The van der Waals surface area contributed by atoms with Crippen molar-refractivity contribution < 1.29 is 4.74 Å². The number of hydrogen-bond donors (Lipinski definition) is 1. The SMILES string of the molecule is Cc1ccc(Oc2ncc(CNC3CC3)c(C)n2)c(C)c1. The molecule has 0 aliphatic heterocycles. The summed E-state index contributed by atoms with van der Waals surface area (Å²) in [5.41, 5.74) is 4.42. The van der Waals surface area contributed by atoms with Crippen LogP contribution in [0.2, 0.25) is 0 Å². The van der Waals surface area contributed by atoms with Crippen molar-refractivity contribution in [1.82, 2.24) is 15.3 Å². The lowest BCUT2D eigenvalue weighted by Crippen LogP contribution is -2.16. The molecule has 1 saturated carbocycles. The Morgan fingerprint density at radius 2 is 2.05 bits per heavy atom. The van der Waals surface area contributed by atoms with E-state index in [9.17, 15) is 0 Å². The van der Waals surface area contributed by atoms with Gasteiger partial charge in [0.2, 0.25) is 0 Å². The Hall–Kier alpha value is -1.94. The molecule has 1 aliphatic carbocycles. The second-order valence-corrected chi connectivity index (χ2v) is 5.79. The summed E-state index contributed by atoms with van der Waals surface area (Å²) in [5.74, 6) is 0.809. The van der Waals surface area contributed by atoms with Gasteiger partial charge in [-0.3, -0.25) is 0 Å². The van der Waals surface area contributed by atoms with Crippen molar-refractivity contribution >= 4 is 0 Å². The molecular formula is C17H21N3O. The van der Waals surface area contributed by atoms with E-state index in [1.54, 1.807) is 0 Å². The van der Waals surface area contributed by atoms with Crippen LogP contribution in [0.1, 0.15) is 35.2 Å². The van der Waals surface area contributed by atoms with Crippen molar-refractivity contribution in [2.45, 2.75) is 46.2 Å². The minimum absolute atomic E-state index is 0.412. The molecule has 0 bridgehead atoms. The first-order valence-corrected chi connectivity index (χ1v) is 7.43. The Kier molecular flexibility index (Phi) is 3.88. The van der Waals surface area contributed by atoms with E-state index in [2.05, 4.69) is 28.3 Å². The van der Waals surface area contributed by atoms with Gasteiger partial charge in [0.15, 0.2) is 0 Å². The smallest absolute Gasteiger partial charge is 0.322 e. The minimum atomic E-state index is 0.412. The Labute approximate surface area is 125 Å². The molecule has 0 atom stereocenters. The predicted octanol–water partition coefficient (Wildman–Crippen LogP) is 3.45. The summed E-state index contributed by atoms with van der Waals surface area (Å²) >= 11 is 0. The van der Waals surface area contributed by atoms with Crippen molar-refractivity contribution in [2.75, 3.05) is 0 Å². The van der Waals surface area contributed by atoms with Crippen LogP contribution in [0.25, 0.3) is 0 Å². The van der Waals surface area contributed by atoms with E-state index in [-0.39, 0.29) is 0 Å². The molecule has 0 spiro atoms. The highest BCUT2D eigenvalue weighted by Crippen LogP contribution is 2.24. The Morgan fingerprint density at radius 3 is 2.71 bits per heavy atom. The van der Waals surface area contributed by atoms with Crippen molar-refractivity contribution in [1.29, 1.82) is 0 Å². The molecule has 21 heavy (non-hydrogen) atoms.